The van der Waals surface area contributed by atoms with Crippen LogP contribution >= 0.6 is 0 Å². The van der Waals surface area contributed by atoms with Gasteiger partial charge in [0, 0.05) is 5.69 Å². The van der Waals surface area contributed by atoms with Crippen LogP contribution in [-0.2, 0) is 14.8 Å². The molecule has 28 heavy (non-hydrogen) atoms. The number of amides is 1. The second-order valence-electron chi connectivity index (χ2n) is 6.63. The van der Waals surface area contributed by atoms with Gasteiger partial charge in [-0.3, -0.25) is 4.79 Å². The van der Waals surface area contributed by atoms with Gasteiger partial charge < -0.3 is 10.6 Å². The maximum absolute atomic E-state index is 12.6. The van der Waals surface area contributed by atoms with E-state index in [1.807, 2.05) is 49.4 Å². The van der Waals surface area contributed by atoms with E-state index < -0.39 is 22.1 Å². The summed E-state index contributed by atoms with van der Waals surface area (Å²) in [4.78, 5) is 12.7. The second kappa shape index (κ2) is 7.10. The van der Waals surface area contributed by atoms with Crippen LogP contribution in [0.3, 0.4) is 0 Å². The van der Waals surface area contributed by atoms with Gasteiger partial charge in [0.25, 0.3) is 5.91 Å². The quantitative estimate of drug-likeness (QED) is 0.637. The topological polar surface area (TPSA) is 87.3 Å². The largest absolute Gasteiger partial charge is 0.360 e. The van der Waals surface area contributed by atoms with Crippen molar-refractivity contribution in [2.45, 2.75) is 18.0 Å². The summed E-state index contributed by atoms with van der Waals surface area (Å²) < 4.78 is 27.2. The van der Waals surface area contributed by atoms with Gasteiger partial charge in [0.05, 0.1) is 5.69 Å². The Bertz CT molecular complexity index is 1130. The molecular formula is C21H19N3O3S. The van der Waals surface area contributed by atoms with Crippen molar-refractivity contribution in [1.82, 2.24) is 4.72 Å². The van der Waals surface area contributed by atoms with E-state index >= 15 is 0 Å². The van der Waals surface area contributed by atoms with Crippen molar-refractivity contribution in [1.29, 1.82) is 0 Å². The number of anilines is 2. The van der Waals surface area contributed by atoms with E-state index in [0.29, 0.717) is 11.4 Å². The number of carbonyl (C=O) groups is 1. The molecule has 0 spiro atoms. The highest BCUT2D eigenvalue weighted by Gasteiger charge is 2.33. The molecule has 142 valence electrons. The van der Waals surface area contributed by atoms with Crippen molar-refractivity contribution >= 4 is 27.3 Å². The highest BCUT2D eigenvalue weighted by Crippen LogP contribution is 2.27. The molecule has 4 rings (SSSR count). The van der Waals surface area contributed by atoms with Crippen LogP contribution in [0.15, 0.2) is 77.7 Å². The Hall–Kier alpha value is -3.16. The minimum absolute atomic E-state index is 0.134. The summed E-state index contributed by atoms with van der Waals surface area (Å²) in [6.45, 7) is 1.86. The fourth-order valence-corrected chi connectivity index (χ4v) is 4.36. The predicted molar refractivity (Wildman–Crippen MR) is 109 cm³/mol. The molecule has 6 nitrogen and oxygen atoms in total. The van der Waals surface area contributed by atoms with E-state index in [-0.39, 0.29) is 4.90 Å². The van der Waals surface area contributed by atoms with Crippen LogP contribution in [0.4, 0.5) is 11.4 Å². The maximum atomic E-state index is 12.6. The summed E-state index contributed by atoms with van der Waals surface area (Å²) in [5, 5.41) is 5.69. The number of hydrogen-bond acceptors (Lipinski definition) is 4. The standard InChI is InChI=1S/C21H19N3O3S/c1-14-7-12-19-18(13-14)23-20(24-28(19,26)27)21(25)22-17-10-8-16(9-11-17)15-5-3-2-4-6-15/h2-13,20,23-24H,1H3,(H,22,25)/t20-/m0/s1. The van der Waals surface area contributed by atoms with Crippen molar-refractivity contribution in [2.24, 2.45) is 0 Å². The number of aryl methyl sites for hydroxylation is 1. The van der Waals surface area contributed by atoms with Gasteiger partial charge in [-0.05, 0) is 47.9 Å². The molecule has 0 aliphatic carbocycles. The molecule has 1 atom stereocenters. The first-order valence-electron chi connectivity index (χ1n) is 8.78. The van der Waals surface area contributed by atoms with Crippen molar-refractivity contribution in [3.8, 4) is 11.1 Å². The summed E-state index contributed by atoms with van der Waals surface area (Å²) in [6, 6.07) is 22.2. The van der Waals surface area contributed by atoms with Gasteiger partial charge in [-0.15, -0.1) is 0 Å². The lowest BCUT2D eigenvalue weighted by atomic mass is 10.1. The SMILES string of the molecule is Cc1ccc2c(c1)N[C@H](C(=O)Nc1ccc(-c3ccccc3)cc1)NS2(=O)=O. The highest BCUT2D eigenvalue weighted by molar-refractivity contribution is 7.89. The Morgan fingerprint density at radius 2 is 1.61 bits per heavy atom. The number of carbonyl (C=O) groups excluding carboxylic acids is 1. The number of hydrogen-bond donors (Lipinski definition) is 3. The molecule has 0 saturated carbocycles. The molecule has 0 radical (unpaired) electrons. The minimum Gasteiger partial charge on any atom is -0.360 e. The summed E-state index contributed by atoms with van der Waals surface area (Å²) in [5.41, 5.74) is 4.01. The molecule has 3 aromatic carbocycles. The monoisotopic (exact) mass is 393 g/mol. The molecule has 7 heteroatoms. The van der Waals surface area contributed by atoms with Crippen molar-refractivity contribution in [3.63, 3.8) is 0 Å². The van der Waals surface area contributed by atoms with Crippen molar-refractivity contribution in [2.75, 3.05) is 10.6 Å². The lowest BCUT2D eigenvalue weighted by Gasteiger charge is -2.27. The van der Waals surface area contributed by atoms with Crippen LogP contribution in [0, 0.1) is 6.92 Å². The molecule has 3 N–H and O–H groups in total. The number of rotatable bonds is 3. The zero-order valence-corrected chi connectivity index (χ0v) is 16.0. The average molecular weight is 393 g/mol. The zero-order chi connectivity index (χ0) is 19.7. The summed E-state index contributed by atoms with van der Waals surface area (Å²) >= 11 is 0. The summed E-state index contributed by atoms with van der Waals surface area (Å²) in [7, 11) is -3.76. The summed E-state index contributed by atoms with van der Waals surface area (Å²) in [6.07, 6.45) is -1.09. The van der Waals surface area contributed by atoms with Crippen LogP contribution in [0.2, 0.25) is 0 Å². The molecule has 0 fully saturated rings. The van der Waals surface area contributed by atoms with E-state index in [0.717, 1.165) is 16.7 Å². The molecular weight excluding hydrogens is 374 g/mol. The molecule has 0 bridgehead atoms. The van der Waals surface area contributed by atoms with Gasteiger partial charge in [0.2, 0.25) is 10.0 Å². The first-order chi connectivity index (χ1) is 13.4. The molecule has 0 aromatic heterocycles. The van der Waals surface area contributed by atoms with Crippen molar-refractivity contribution < 1.29 is 13.2 Å². The second-order valence-corrected chi connectivity index (χ2v) is 8.31. The Kier molecular flexibility index (Phi) is 4.62. The predicted octanol–water partition coefficient (Wildman–Crippen LogP) is 3.33. The number of fused-ring (bicyclic) bond motifs is 1. The Morgan fingerprint density at radius 1 is 0.929 bits per heavy atom. The van der Waals surface area contributed by atoms with Gasteiger partial charge in [-0.2, -0.15) is 4.72 Å². The molecule has 1 aliphatic heterocycles. The third-order valence-corrected chi connectivity index (χ3v) is 6.00. The third kappa shape index (κ3) is 3.62. The smallest absolute Gasteiger partial charge is 0.262 e. The number of benzene rings is 3. The lowest BCUT2D eigenvalue weighted by Crippen LogP contribution is -2.51. The highest BCUT2D eigenvalue weighted by atomic mass is 32.2. The van der Waals surface area contributed by atoms with Crippen LogP contribution in [-0.4, -0.2) is 20.5 Å². The molecule has 3 aromatic rings. The Morgan fingerprint density at radius 3 is 2.32 bits per heavy atom. The van der Waals surface area contributed by atoms with Crippen LogP contribution in [0.25, 0.3) is 11.1 Å². The van der Waals surface area contributed by atoms with E-state index in [1.54, 1.807) is 24.3 Å². The fourth-order valence-electron chi connectivity index (χ4n) is 3.10. The molecule has 0 unspecified atom stereocenters. The van der Waals surface area contributed by atoms with E-state index in [4.69, 9.17) is 0 Å². The Labute approximate surface area is 163 Å². The zero-order valence-electron chi connectivity index (χ0n) is 15.1. The van der Waals surface area contributed by atoms with E-state index in [9.17, 15) is 13.2 Å². The van der Waals surface area contributed by atoms with Crippen LogP contribution in [0.1, 0.15) is 5.56 Å². The number of sulfonamides is 1. The summed E-state index contributed by atoms with van der Waals surface area (Å²) in [5.74, 6) is -0.483. The van der Waals surface area contributed by atoms with Gasteiger partial charge >= 0.3 is 0 Å². The van der Waals surface area contributed by atoms with E-state index in [1.165, 1.54) is 6.07 Å². The molecule has 1 aliphatic rings. The first-order valence-corrected chi connectivity index (χ1v) is 10.3. The first kappa shape index (κ1) is 18.2. The molecule has 1 heterocycles. The molecule has 0 saturated heterocycles. The van der Waals surface area contributed by atoms with Gasteiger partial charge in [0.1, 0.15) is 4.90 Å². The third-order valence-electron chi connectivity index (χ3n) is 4.52. The normalized spacial score (nSPS) is 17.2. The average Bonchev–Trinajstić information content (AvgIpc) is 2.68. The lowest BCUT2D eigenvalue weighted by molar-refractivity contribution is -0.117. The van der Waals surface area contributed by atoms with Gasteiger partial charge in [-0.25, -0.2) is 8.42 Å². The Balaban J connectivity index is 1.51. The van der Waals surface area contributed by atoms with E-state index in [2.05, 4.69) is 15.4 Å². The van der Waals surface area contributed by atoms with Crippen molar-refractivity contribution in [3.05, 3.63) is 78.4 Å². The fraction of sp³-hybridized carbons (Fsp3) is 0.0952. The minimum atomic E-state index is -3.76. The molecule has 1 amide bonds. The van der Waals surface area contributed by atoms with Crippen LogP contribution < -0.4 is 15.4 Å². The van der Waals surface area contributed by atoms with Gasteiger partial charge in [0.15, 0.2) is 6.17 Å². The van der Waals surface area contributed by atoms with Crippen LogP contribution in [0.5, 0.6) is 0 Å². The number of nitrogens with one attached hydrogen (secondary N) is 3. The maximum Gasteiger partial charge on any atom is 0.262 e. The van der Waals surface area contributed by atoms with Gasteiger partial charge in [-0.1, -0.05) is 48.5 Å².